The highest BCUT2D eigenvalue weighted by molar-refractivity contribution is 5.91. The molecule has 0 saturated carbocycles. The zero-order valence-electron chi connectivity index (χ0n) is 14.5. The van der Waals surface area contributed by atoms with Crippen molar-refractivity contribution < 1.29 is 4.79 Å². The molecule has 2 N–H and O–H groups in total. The van der Waals surface area contributed by atoms with Crippen LogP contribution in [0.15, 0.2) is 11.6 Å². The number of primary amides is 1. The van der Waals surface area contributed by atoms with Crippen molar-refractivity contribution in [2.45, 2.75) is 104 Å². The summed E-state index contributed by atoms with van der Waals surface area (Å²) in [7, 11) is 0. The van der Waals surface area contributed by atoms with Crippen molar-refractivity contribution in [1.82, 2.24) is 0 Å². The van der Waals surface area contributed by atoms with E-state index in [-0.39, 0.29) is 5.91 Å². The summed E-state index contributed by atoms with van der Waals surface area (Å²) in [5.74, 6) is -0.287. The molecule has 0 aromatic rings. The summed E-state index contributed by atoms with van der Waals surface area (Å²) < 4.78 is 0. The maximum Gasteiger partial charge on any atom is 0.244 e. The number of nitrogens with two attached hydrogens (primary N) is 1. The van der Waals surface area contributed by atoms with Crippen LogP contribution in [0.4, 0.5) is 0 Å². The molecule has 0 aromatic carbocycles. The first-order valence-corrected chi connectivity index (χ1v) is 9.15. The molecule has 0 saturated heterocycles. The summed E-state index contributed by atoms with van der Waals surface area (Å²) in [5, 5.41) is 0. The summed E-state index contributed by atoms with van der Waals surface area (Å²) in [6.07, 6.45) is 20.8. The van der Waals surface area contributed by atoms with E-state index < -0.39 is 0 Å². The number of hydrogen-bond donors (Lipinski definition) is 1. The number of carbonyl (C=O) groups excluding carboxylic acids is 1. The molecule has 0 radical (unpaired) electrons. The quantitative estimate of drug-likeness (QED) is 0.296. The Labute approximate surface area is 132 Å². The van der Waals surface area contributed by atoms with Crippen LogP contribution in [-0.2, 0) is 4.79 Å². The molecule has 0 bridgehead atoms. The summed E-state index contributed by atoms with van der Waals surface area (Å²) in [6.45, 7) is 4.07. The Kier molecular flexibility index (Phi) is 15.0. The second-order valence-electron chi connectivity index (χ2n) is 6.28. The first-order chi connectivity index (χ1) is 10.2. The van der Waals surface area contributed by atoms with Gasteiger partial charge in [0.25, 0.3) is 0 Å². The summed E-state index contributed by atoms with van der Waals surface area (Å²) in [4.78, 5) is 10.8. The third-order valence-corrected chi connectivity index (χ3v) is 4.15. The molecule has 2 nitrogen and oxygen atoms in total. The van der Waals surface area contributed by atoms with Gasteiger partial charge in [-0.25, -0.2) is 0 Å². The maximum absolute atomic E-state index is 10.8. The average molecular weight is 296 g/mol. The lowest BCUT2D eigenvalue weighted by molar-refractivity contribution is -0.114. The van der Waals surface area contributed by atoms with E-state index in [1.54, 1.807) is 6.92 Å². The van der Waals surface area contributed by atoms with Gasteiger partial charge in [-0.1, -0.05) is 90.0 Å². The van der Waals surface area contributed by atoms with Crippen LogP contribution in [0.25, 0.3) is 0 Å². The minimum Gasteiger partial charge on any atom is -0.366 e. The van der Waals surface area contributed by atoms with Crippen molar-refractivity contribution in [3.8, 4) is 0 Å². The van der Waals surface area contributed by atoms with Gasteiger partial charge in [0.1, 0.15) is 0 Å². The van der Waals surface area contributed by atoms with E-state index >= 15 is 0 Å². The molecule has 124 valence electrons. The Hall–Kier alpha value is -0.790. The largest absolute Gasteiger partial charge is 0.366 e. The molecule has 0 rings (SSSR count). The first kappa shape index (κ1) is 20.2. The molecule has 0 aromatic heterocycles. The molecule has 1 amide bonds. The van der Waals surface area contributed by atoms with Gasteiger partial charge in [0.2, 0.25) is 5.91 Å². The van der Waals surface area contributed by atoms with E-state index in [9.17, 15) is 4.79 Å². The zero-order valence-corrected chi connectivity index (χ0v) is 14.5. The predicted octanol–water partition coefficient (Wildman–Crippen LogP) is 5.90. The van der Waals surface area contributed by atoms with Crippen LogP contribution in [0.5, 0.6) is 0 Å². The highest BCUT2D eigenvalue weighted by atomic mass is 16.1. The Bertz CT molecular complexity index is 271. The molecule has 0 aliphatic carbocycles. The number of unbranched alkanes of at least 4 members (excludes halogenated alkanes) is 13. The topological polar surface area (TPSA) is 43.1 Å². The van der Waals surface area contributed by atoms with Gasteiger partial charge in [0.05, 0.1) is 0 Å². The fraction of sp³-hybridized carbons (Fsp3) is 0.842. The highest BCUT2D eigenvalue weighted by Crippen LogP contribution is 2.13. The maximum atomic E-state index is 10.8. The molecule has 0 fully saturated rings. The molecule has 0 heterocycles. The van der Waals surface area contributed by atoms with E-state index in [1.807, 2.05) is 6.08 Å². The van der Waals surface area contributed by atoms with Crippen LogP contribution in [0, 0.1) is 0 Å². The Morgan fingerprint density at radius 1 is 0.762 bits per heavy atom. The van der Waals surface area contributed by atoms with Crippen molar-refractivity contribution in [3.63, 3.8) is 0 Å². The van der Waals surface area contributed by atoms with E-state index in [1.165, 1.54) is 83.5 Å². The Morgan fingerprint density at radius 2 is 1.14 bits per heavy atom. The van der Waals surface area contributed by atoms with Gasteiger partial charge >= 0.3 is 0 Å². The molecule has 0 spiro atoms. The molecular formula is C19H37NO. The monoisotopic (exact) mass is 295 g/mol. The molecule has 0 aliphatic rings. The van der Waals surface area contributed by atoms with Gasteiger partial charge < -0.3 is 5.73 Å². The van der Waals surface area contributed by atoms with Crippen LogP contribution < -0.4 is 5.73 Å². The molecule has 0 aliphatic heterocycles. The molecule has 0 atom stereocenters. The molecule has 2 heteroatoms. The third-order valence-electron chi connectivity index (χ3n) is 4.15. The van der Waals surface area contributed by atoms with Crippen molar-refractivity contribution in [3.05, 3.63) is 11.6 Å². The van der Waals surface area contributed by atoms with Gasteiger partial charge in [-0.05, 0) is 19.8 Å². The fourth-order valence-corrected chi connectivity index (χ4v) is 2.58. The summed E-state index contributed by atoms with van der Waals surface area (Å²) in [5.41, 5.74) is 5.89. The summed E-state index contributed by atoms with van der Waals surface area (Å²) >= 11 is 0. The van der Waals surface area contributed by atoms with Crippen LogP contribution in [0.1, 0.15) is 104 Å². The first-order valence-electron chi connectivity index (χ1n) is 9.15. The molecular weight excluding hydrogens is 258 g/mol. The van der Waals surface area contributed by atoms with E-state index in [4.69, 9.17) is 5.73 Å². The van der Waals surface area contributed by atoms with Crippen molar-refractivity contribution in [1.29, 1.82) is 0 Å². The van der Waals surface area contributed by atoms with E-state index in [2.05, 4.69) is 6.92 Å². The lowest BCUT2D eigenvalue weighted by atomic mass is 10.0. The number of rotatable bonds is 15. The lowest BCUT2D eigenvalue weighted by Gasteiger charge is -2.02. The second-order valence-corrected chi connectivity index (χ2v) is 6.28. The van der Waals surface area contributed by atoms with Crippen LogP contribution in [-0.4, -0.2) is 5.91 Å². The van der Waals surface area contributed by atoms with Crippen LogP contribution >= 0.6 is 0 Å². The minimum atomic E-state index is -0.287. The number of allylic oxidation sites excluding steroid dienone is 1. The minimum absolute atomic E-state index is 0.287. The predicted molar refractivity (Wildman–Crippen MR) is 93.3 cm³/mol. The van der Waals surface area contributed by atoms with Crippen LogP contribution in [0.2, 0.25) is 0 Å². The van der Waals surface area contributed by atoms with Gasteiger partial charge in [0, 0.05) is 5.57 Å². The van der Waals surface area contributed by atoms with Crippen molar-refractivity contribution in [2.24, 2.45) is 5.73 Å². The standard InChI is InChI=1S/C19H37NO/c1-3-4-5-6-7-8-9-10-11-12-13-14-15-16-17-18(2)19(20)21/h17H,3-16H2,1-2H3,(H2,20,21). The lowest BCUT2D eigenvalue weighted by Crippen LogP contribution is -2.11. The zero-order chi connectivity index (χ0) is 15.8. The highest BCUT2D eigenvalue weighted by Gasteiger charge is 1.96. The van der Waals surface area contributed by atoms with Gasteiger partial charge in [-0.15, -0.1) is 0 Å². The SMILES string of the molecule is CCCCCCCCCCCCCCCC=C(C)C(N)=O. The number of amides is 1. The van der Waals surface area contributed by atoms with E-state index in [0.717, 1.165) is 6.42 Å². The fourth-order valence-electron chi connectivity index (χ4n) is 2.58. The smallest absolute Gasteiger partial charge is 0.244 e. The van der Waals surface area contributed by atoms with Gasteiger partial charge in [0.15, 0.2) is 0 Å². The van der Waals surface area contributed by atoms with Gasteiger partial charge in [-0.2, -0.15) is 0 Å². The Balaban J connectivity index is 3.12. The number of hydrogen-bond acceptors (Lipinski definition) is 1. The van der Waals surface area contributed by atoms with Crippen LogP contribution in [0.3, 0.4) is 0 Å². The van der Waals surface area contributed by atoms with Crippen molar-refractivity contribution >= 4 is 5.91 Å². The second kappa shape index (κ2) is 15.6. The molecule has 0 unspecified atom stereocenters. The number of carbonyl (C=O) groups is 1. The average Bonchev–Trinajstić information content (AvgIpc) is 2.47. The third kappa shape index (κ3) is 15.4. The Morgan fingerprint density at radius 3 is 1.52 bits per heavy atom. The van der Waals surface area contributed by atoms with Crippen molar-refractivity contribution in [2.75, 3.05) is 0 Å². The normalized spacial score (nSPS) is 11.8. The summed E-state index contributed by atoms with van der Waals surface area (Å²) in [6, 6.07) is 0. The van der Waals surface area contributed by atoms with E-state index in [0.29, 0.717) is 5.57 Å². The molecule has 21 heavy (non-hydrogen) atoms. The van der Waals surface area contributed by atoms with Gasteiger partial charge in [-0.3, -0.25) is 4.79 Å².